The van der Waals surface area contributed by atoms with Gasteiger partial charge in [0.25, 0.3) is 0 Å². The van der Waals surface area contributed by atoms with E-state index in [0.29, 0.717) is 31.6 Å². The number of rotatable bonds is 2. The summed E-state index contributed by atoms with van der Waals surface area (Å²) < 4.78 is 5.36. The molecule has 1 saturated heterocycles. The molecule has 0 spiro atoms. The molecule has 1 aliphatic heterocycles. The molecule has 2 atom stereocenters. The van der Waals surface area contributed by atoms with Gasteiger partial charge in [-0.05, 0) is 24.5 Å². The van der Waals surface area contributed by atoms with Crippen molar-refractivity contribution in [2.75, 3.05) is 13.2 Å². The normalized spacial score (nSPS) is 25.0. The Morgan fingerprint density at radius 1 is 1.44 bits per heavy atom. The fraction of sp³-hybridized carbons (Fsp3) is 0.462. The molecular formula is C13H15NO2. The van der Waals surface area contributed by atoms with Crippen molar-refractivity contribution in [3.63, 3.8) is 0 Å². The van der Waals surface area contributed by atoms with E-state index >= 15 is 0 Å². The lowest BCUT2D eigenvalue weighted by molar-refractivity contribution is -0.0350. The SMILES string of the molecule is N#Cc1ccccc1CC1COCCC1O. The highest BCUT2D eigenvalue weighted by atomic mass is 16.5. The topological polar surface area (TPSA) is 53.2 Å². The van der Waals surface area contributed by atoms with E-state index in [2.05, 4.69) is 6.07 Å². The maximum Gasteiger partial charge on any atom is 0.0994 e. The van der Waals surface area contributed by atoms with Crippen molar-refractivity contribution in [2.24, 2.45) is 5.92 Å². The average molecular weight is 217 g/mol. The third-order valence-electron chi connectivity index (χ3n) is 3.05. The summed E-state index contributed by atoms with van der Waals surface area (Å²) in [6, 6.07) is 9.71. The Kier molecular flexibility index (Phi) is 3.55. The van der Waals surface area contributed by atoms with Crippen LogP contribution in [0.15, 0.2) is 24.3 Å². The number of hydrogen-bond donors (Lipinski definition) is 1. The number of aliphatic hydroxyl groups is 1. The minimum Gasteiger partial charge on any atom is -0.393 e. The fourth-order valence-electron chi connectivity index (χ4n) is 2.07. The second-order valence-corrected chi connectivity index (χ2v) is 4.16. The summed E-state index contributed by atoms with van der Waals surface area (Å²) in [7, 11) is 0. The third-order valence-corrected chi connectivity index (χ3v) is 3.05. The van der Waals surface area contributed by atoms with Crippen LogP contribution in [0.1, 0.15) is 17.5 Å². The molecule has 2 unspecified atom stereocenters. The first-order chi connectivity index (χ1) is 7.81. The minimum atomic E-state index is -0.305. The lowest BCUT2D eigenvalue weighted by Gasteiger charge is -2.27. The van der Waals surface area contributed by atoms with E-state index in [9.17, 15) is 5.11 Å². The molecule has 1 aromatic carbocycles. The maximum atomic E-state index is 9.83. The van der Waals surface area contributed by atoms with E-state index in [1.165, 1.54) is 0 Å². The lowest BCUT2D eigenvalue weighted by Crippen LogP contribution is -2.33. The van der Waals surface area contributed by atoms with Gasteiger partial charge in [0.2, 0.25) is 0 Å². The summed E-state index contributed by atoms with van der Waals surface area (Å²) in [5.41, 5.74) is 1.69. The van der Waals surface area contributed by atoms with Crippen molar-refractivity contribution in [1.82, 2.24) is 0 Å². The smallest absolute Gasteiger partial charge is 0.0994 e. The Balaban J connectivity index is 2.11. The summed E-state index contributed by atoms with van der Waals surface area (Å²) in [5, 5.41) is 18.8. The number of benzene rings is 1. The summed E-state index contributed by atoms with van der Waals surface area (Å²) in [5.74, 6) is 0.114. The van der Waals surface area contributed by atoms with E-state index in [1.807, 2.05) is 24.3 Å². The van der Waals surface area contributed by atoms with E-state index in [1.54, 1.807) is 0 Å². The highest BCUT2D eigenvalue weighted by Gasteiger charge is 2.24. The number of ether oxygens (including phenoxy) is 1. The highest BCUT2D eigenvalue weighted by molar-refractivity contribution is 5.37. The van der Waals surface area contributed by atoms with Gasteiger partial charge in [0, 0.05) is 12.5 Å². The molecule has 0 amide bonds. The van der Waals surface area contributed by atoms with Crippen LogP contribution in [0.4, 0.5) is 0 Å². The molecular weight excluding hydrogens is 202 g/mol. The average Bonchev–Trinajstić information content (AvgIpc) is 2.33. The van der Waals surface area contributed by atoms with Gasteiger partial charge in [0.15, 0.2) is 0 Å². The first-order valence-corrected chi connectivity index (χ1v) is 5.55. The molecule has 1 N–H and O–H groups in total. The Morgan fingerprint density at radius 3 is 3.00 bits per heavy atom. The van der Waals surface area contributed by atoms with Gasteiger partial charge in [0.05, 0.1) is 24.3 Å². The van der Waals surface area contributed by atoms with Crippen molar-refractivity contribution in [2.45, 2.75) is 18.9 Å². The summed E-state index contributed by atoms with van der Waals surface area (Å²) in [6.07, 6.45) is 1.10. The predicted molar refractivity (Wildman–Crippen MR) is 59.8 cm³/mol. The van der Waals surface area contributed by atoms with Crippen LogP contribution in [0.2, 0.25) is 0 Å². The highest BCUT2D eigenvalue weighted by Crippen LogP contribution is 2.21. The molecule has 84 valence electrons. The Morgan fingerprint density at radius 2 is 2.25 bits per heavy atom. The summed E-state index contributed by atoms with van der Waals surface area (Å²) >= 11 is 0. The van der Waals surface area contributed by atoms with Crippen LogP contribution in [0.3, 0.4) is 0 Å². The quantitative estimate of drug-likeness (QED) is 0.816. The molecule has 3 heteroatoms. The molecule has 0 saturated carbocycles. The van der Waals surface area contributed by atoms with Crippen molar-refractivity contribution >= 4 is 0 Å². The second kappa shape index (κ2) is 5.11. The van der Waals surface area contributed by atoms with Crippen molar-refractivity contribution in [3.05, 3.63) is 35.4 Å². The van der Waals surface area contributed by atoms with Crippen LogP contribution in [-0.4, -0.2) is 24.4 Å². The zero-order chi connectivity index (χ0) is 11.4. The molecule has 16 heavy (non-hydrogen) atoms. The van der Waals surface area contributed by atoms with Crippen molar-refractivity contribution in [1.29, 1.82) is 5.26 Å². The summed E-state index contributed by atoms with van der Waals surface area (Å²) in [4.78, 5) is 0. The van der Waals surface area contributed by atoms with Crippen LogP contribution in [0.25, 0.3) is 0 Å². The molecule has 0 radical (unpaired) electrons. The van der Waals surface area contributed by atoms with E-state index in [4.69, 9.17) is 10.00 Å². The van der Waals surface area contributed by atoms with Crippen LogP contribution in [0, 0.1) is 17.2 Å². The first-order valence-electron chi connectivity index (χ1n) is 5.55. The number of hydrogen-bond acceptors (Lipinski definition) is 3. The van der Waals surface area contributed by atoms with Gasteiger partial charge >= 0.3 is 0 Å². The molecule has 0 aliphatic carbocycles. The van der Waals surface area contributed by atoms with Crippen LogP contribution < -0.4 is 0 Å². The van der Waals surface area contributed by atoms with Crippen LogP contribution >= 0.6 is 0 Å². The number of aliphatic hydroxyl groups excluding tert-OH is 1. The van der Waals surface area contributed by atoms with Gasteiger partial charge in [-0.3, -0.25) is 0 Å². The zero-order valence-electron chi connectivity index (χ0n) is 9.10. The third kappa shape index (κ3) is 2.41. The molecule has 3 nitrogen and oxygen atoms in total. The maximum absolute atomic E-state index is 9.83. The van der Waals surface area contributed by atoms with Gasteiger partial charge in [0.1, 0.15) is 0 Å². The van der Waals surface area contributed by atoms with E-state index in [0.717, 1.165) is 5.56 Å². The monoisotopic (exact) mass is 217 g/mol. The summed E-state index contributed by atoms with van der Waals surface area (Å²) in [6.45, 7) is 1.22. The van der Waals surface area contributed by atoms with Gasteiger partial charge in [-0.2, -0.15) is 5.26 Å². The van der Waals surface area contributed by atoms with Crippen LogP contribution in [-0.2, 0) is 11.2 Å². The van der Waals surface area contributed by atoms with Crippen LogP contribution in [0.5, 0.6) is 0 Å². The molecule has 1 aliphatic rings. The number of nitrogens with zero attached hydrogens (tertiary/aromatic N) is 1. The van der Waals surface area contributed by atoms with E-state index in [-0.39, 0.29) is 12.0 Å². The standard InChI is InChI=1S/C13H15NO2/c14-8-11-4-2-1-3-10(11)7-12-9-16-6-5-13(12)15/h1-4,12-13,15H,5-7,9H2. The Bertz CT molecular complexity index is 397. The lowest BCUT2D eigenvalue weighted by atomic mass is 9.90. The first kappa shape index (κ1) is 11.1. The van der Waals surface area contributed by atoms with Gasteiger partial charge in [-0.1, -0.05) is 18.2 Å². The predicted octanol–water partition coefficient (Wildman–Crippen LogP) is 1.50. The largest absolute Gasteiger partial charge is 0.393 e. The van der Waals surface area contributed by atoms with Gasteiger partial charge in [-0.25, -0.2) is 0 Å². The van der Waals surface area contributed by atoms with Gasteiger partial charge < -0.3 is 9.84 Å². The molecule has 1 heterocycles. The number of nitriles is 1. The Labute approximate surface area is 95.3 Å². The van der Waals surface area contributed by atoms with Crippen molar-refractivity contribution in [3.8, 4) is 6.07 Å². The second-order valence-electron chi connectivity index (χ2n) is 4.16. The molecule has 0 bridgehead atoms. The van der Waals surface area contributed by atoms with E-state index < -0.39 is 0 Å². The molecule has 1 fully saturated rings. The van der Waals surface area contributed by atoms with Crippen molar-refractivity contribution < 1.29 is 9.84 Å². The molecule has 1 aromatic rings. The molecule has 0 aromatic heterocycles. The fourth-order valence-corrected chi connectivity index (χ4v) is 2.07. The zero-order valence-corrected chi connectivity index (χ0v) is 9.10. The van der Waals surface area contributed by atoms with Gasteiger partial charge in [-0.15, -0.1) is 0 Å². The minimum absolute atomic E-state index is 0.114. The molecule has 2 rings (SSSR count). The Hall–Kier alpha value is -1.37.